The van der Waals surface area contributed by atoms with Crippen molar-refractivity contribution in [1.82, 2.24) is 9.21 Å². The second kappa shape index (κ2) is 9.39. The van der Waals surface area contributed by atoms with Crippen LogP contribution in [0.5, 0.6) is 0 Å². The molecule has 0 aromatic heterocycles. The van der Waals surface area contributed by atoms with Gasteiger partial charge in [0.15, 0.2) is 0 Å². The molecule has 31 heavy (non-hydrogen) atoms. The van der Waals surface area contributed by atoms with E-state index in [-0.39, 0.29) is 16.9 Å². The summed E-state index contributed by atoms with van der Waals surface area (Å²) in [5.41, 5.74) is 0. The van der Waals surface area contributed by atoms with Crippen molar-refractivity contribution >= 4 is 16.0 Å². The number of hydrogen-bond donors (Lipinski definition) is 1. The van der Waals surface area contributed by atoms with Crippen LogP contribution in [0, 0.1) is 17.7 Å². The Balaban J connectivity index is 0.000000339. The molecule has 2 aliphatic heterocycles. The molecule has 1 N–H and O–H groups in total. The topological polar surface area (TPSA) is 87.1 Å². The lowest BCUT2D eigenvalue weighted by atomic mass is 10.1. The van der Waals surface area contributed by atoms with Crippen molar-refractivity contribution in [3.63, 3.8) is 0 Å². The summed E-state index contributed by atoms with van der Waals surface area (Å²) in [5, 5.41) is 7.12. The first-order chi connectivity index (χ1) is 14.5. The van der Waals surface area contributed by atoms with Crippen molar-refractivity contribution in [1.29, 1.82) is 0 Å². The standard InChI is InChI=1S/C17H23FN2O3S.C2HF3O2/c18-15-3-5-16(6-4-15)24(21,22)20-11-14-10-19(9-13-1-2-13)7-8-23-17(14)12-20;3-2(4,5)1(6)7/h3-6,13-14,17H,1-2,7-12H2;(H,6,7)/t14-,17+;/m0./s1. The largest absolute Gasteiger partial charge is 0.490 e. The molecule has 2 atom stereocenters. The van der Waals surface area contributed by atoms with Gasteiger partial charge >= 0.3 is 12.1 Å². The molecular formula is C19H24F4N2O5S. The molecule has 4 rings (SSSR count). The zero-order valence-electron chi connectivity index (χ0n) is 16.6. The Morgan fingerprint density at radius 3 is 2.29 bits per heavy atom. The van der Waals surface area contributed by atoms with Crippen molar-refractivity contribution in [3.8, 4) is 0 Å². The first kappa shape index (κ1) is 23.9. The van der Waals surface area contributed by atoms with E-state index in [0.717, 1.165) is 25.6 Å². The van der Waals surface area contributed by atoms with Crippen LogP contribution < -0.4 is 0 Å². The Hall–Kier alpha value is -1.76. The summed E-state index contributed by atoms with van der Waals surface area (Å²) in [7, 11) is -3.59. The van der Waals surface area contributed by atoms with Crippen molar-refractivity contribution < 1.29 is 40.6 Å². The quantitative estimate of drug-likeness (QED) is 0.682. The Morgan fingerprint density at radius 2 is 1.74 bits per heavy atom. The van der Waals surface area contributed by atoms with E-state index in [9.17, 15) is 26.0 Å². The number of halogens is 4. The molecule has 7 nitrogen and oxygen atoms in total. The summed E-state index contributed by atoms with van der Waals surface area (Å²) in [6.45, 7) is 4.48. The van der Waals surface area contributed by atoms with Crippen LogP contribution in [0.25, 0.3) is 0 Å². The van der Waals surface area contributed by atoms with Gasteiger partial charge in [-0.1, -0.05) is 0 Å². The van der Waals surface area contributed by atoms with Crippen molar-refractivity contribution in [2.75, 3.05) is 39.3 Å². The molecule has 2 saturated heterocycles. The van der Waals surface area contributed by atoms with Crippen LogP contribution in [-0.2, 0) is 19.6 Å². The van der Waals surface area contributed by atoms with Gasteiger partial charge in [-0.05, 0) is 43.0 Å². The van der Waals surface area contributed by atoms with Gasteiger partial charge in [-0.2, -0.15) is 17.5 Å². The lowest BCUT2D eigenvalue weighted by Crippen LogP contribution is -2.35. The molecule has 1 aliphatic carbocycles. The Kier molecular flexibility index (Phi) is 7.24. The summed E-state index contributed by atoms with van der Waals surface area (Å²) >= 11 is 0. The monoisotopic (exact) mass is 468 g/mol. The SMILES string of the molecule is O=C(O)C(F)(F)F.O=S(=O)(c1ccc(F)cc1)N1C[C@@H]2CN(CC3CC3)CCO[C@@H]2C1. The number of sulfonamides is 1. The molecule has 0 radical (unpaired) electrons. The molecule has 1 aromatic rings. The third-order valence-corrected chi connectivity index (χ3v) is 7.33. The van der Waals surface area contributed by atoms with Crippen LogP contribution >= 0.6 is 0 Å². The number of aliphatic carboxylic acids is 1. The summed E-state index contributed by atoms with van der Waals surface area (Å²) in [6, 6.07) is 5.04. The summed E-state index contributed by atoms with van der Waals surface area (Å²) in [6.07, 6.45) is -2.49. The maximum Gasteiger partial charge on any atom is 0.490 e. The highest BCUT2D eigenvalue weighted by Crippen LogP contribution is 2.32. The lowest BCUT2D eigenvalue weighted by molar-refractivity contribution is -0.192. The number of hydrogen-bond acceptors (Lipinski definition) is 5. The molecule has 3 aliphatic rings. The highest BCUT2D eigenvalue weighted by molar-refractivity contribution is 7.89. The van der Waals surface area contributed by atoms with Crippen molar-refractivity contribution in [2.24, 2.45) is 11.8 Å². The van der Waals surface area contributed by atoms with Crippen LogP contribution in [0.2, 0.25) is 0 Å². The van der Waals surface area contributed by atoms with E-state index in [0.29, 0.717) is 19.7 Å². The number of ether oxygens (including phenoxy) is 1. The van der Waals surface area contributed by atoms with Gasteiger partial charge in [0, 0.05) is 38.6 Å². The van der Waals surface area contributed by atoms with E-state index in [1.807, 2.05) is 0 Å². The highest BCUT2D eigenvalue weighted by atomic mass is 32.2. The summed E-state index contributed by atoms with van der Waals surface area (Å²) in [5.74, 6) is -2.16. The van der Waals surface area contributed by atoms with Gasteiger partial charge in [0.25, 0.3) is 0 Å². The molecule has 1 saturated carbocycles. The van der Waals surface area contributed by atoms with Crippen LogP contribution in [0.15, 0.2) is 29.2 Å². The average Bonchev–Trinajstić information content (AvgIpc) is 3.44. The van der Waals surface area contributed by atoms with Crippen molar-refractivity contribution in [3.05, 3.63) is 30.1 Å². The third kappa shape index (κ3) is 6.37. The first-order valence-corrected chi connectivity index (χ1v) is 11.3. The van der Waals surface area contributed by atoms with E-state index < -0.39 is 28.0 Å². The Labute approximate surface area is 177 Å². The molecule has 3 fully saturated rings. The fourth-order valence-corrected chi connectivity index (χ4v) is 5.22. The number of carboxylic acids is 1. The van der Waals surface area contributed by atoms with Crippen LogP contribution in [0.1, 0.15) is 12.8 Å². The van der Waals surface area contributed by atoms with E-state index in [2.05, 4.69) is 4.90 Å². The smallest absolute Gasteiger partial charge is 0.475 e. The Bertz CT molecular complexity index is 874. The zero-order chi connectivity index (χ0) is 22.8. The zero-order valence-corrected chi connectivity index (χ0v) is 17.4. The highest BCUT2D eigenvalue weighted by Gasteiger charge is 2.42. The van der Waals surface area contributed by atoms with Gasteiger partial charge in [0.05, 0.1) is 17.6 Å². The fourth-order valence-electron chi connectivity index (χ4n) is 3.71. The number of benzene rings is 1. The minimum absolute atomic E-state index is 0.0376. The number of rotatable bonds is 4. The number of carbonyl (C=O) groups is 1. The van der Waals surface area contributed by atoms with Crippen LogP contribution in [0.4, 0.5) is 17.6 Å². The lowest BCUT2D eigenvalue weighted by Gasteiger charge is -2.23. The minimum Gasteiger partial charge on any atom is -0.475 e. The maximum absolute atomic E-state index is 13.1. The number of carboxylic acid groups (broad SMARTS) is 1. The number of nitrogens with zero attached hydrogens (tertiary/aromatic N) is 2. The fraction of sp³-hybridized carbons (Fsp3) is 0.632. The van der Waals surface area contributed by atoms with E-state index in [1.165, 1.54) is 41.4 Å². The van der Waals surface area contributed by atoms with Gasteiger partial charge in [0.2, 0.25) is 10.0 Å². The molecule has 12 heteroatoms. The molecular weight excluding hydrogens is 444 g/mol. The van der Waals surface area contributed by atoms with Crippen molar-refractivity contribution in [2.45, 2.75) is 30.0 Å². The minimum atomic E-state index is -5.08. The molecule has 174 valence electrons. The molecule has 0 unspecified atom stereocenters. The predicted molar refractivity (Wildman–Crippen MR) is 101 cm³/mol. The average molecular weight is 468 g/mol. The normalized spacial score (nSPS) is 25.3. The van der Waals surface area contributed by atoms with Gasteiger partial charge in [-0.3, -0.25) is 0 Å². The van der Waals surface area contributed by atoms with Gasteiger partial charge in [-0.25, -0.2) is 17.6 Å². The van der Waals surface area contributed by atoms with Gasteiger partial charge in [0.1, 0.15) is 5.82 Å². The Morgan fingerprint density at radius 1 is 1.13 bits per heavy atom. The second-order valence-corrected chi connectivity index (χ2v) is 9.89. The molecule has 1 aromatic carbocycles. The number of fused-ring (bicyclic) bond motifs is 1. The van der Waals surface area contributed by atoms with E-state index in [1.54, 1.807) is 0 Å². The molecule has 2 heterocycles. The summed E-state index contributed by atoms with van der Waals surface area (Å²) in [4.78, 5) is 11.5. The van der Waals surface area contributed by atoms with Crippen LogP contribution in [-0.4, -0.2) is 80.3 Å². The summed E-state index contributed by atoms with van der Waals surface area (Å²) < 4.78 is 77.8. The third-order valence-electron chi connectivity index (χ3n) is 5.49. The first-order valence-electron chi connectivity index (χ1n) is 9.86. The predicted octanol–water partition coefficient (Wildman–Crippen LogP) is 2.19. The molecule has 0 spiro atoms. The van der Waals surface area contributed by atoms with E-state index >= 15 is 0 Å². The molecule has 0 amide bonds. The van der Waals surface area contributed by atoms with Crippen LogP contribution in [0.3, 0.4) is 0 Å². The number of alkyl halides is 3. The second-order valence-electron chi connectivity index (χ2n) is 7.95. The van der Waals surface area contributed by atoms with Gasteiger partial charge in [-0.15, -0.1) is 0 Å². The van der Waals surface area contributed by atoms with E-state index in [4.69, 9.17) is 14.6 Å². The molecule has 0 bridgehead atoms. The maximum atomic E-state index is 13.1. The van der Waals surface area contributed by atoms with Gasteiger partial charge < -0.3 is 14.7 Å².